The Labute approximate surface area is 176 Å². The number of nitrogens with two attached hydrogens (primary N) is 1. The van der Waals surface area contributed by atoms with Crippen molar-refractivity contribution in [3.63, 3.8) is 0 Å². The van der Waals surface area contributed by atoms with Gasteiger partial charge < -0.3 is 16.4 Å². The van der Waals surface area contributed by atoms with Gasteiger partial charge in [0.15, 0.2) is 0 Å². The van der Waals surface area contributed by atoms with E-state index in [-0.39, 0.29) is 18.4 Å². The Hall–Kier alpha value is -2.57. The van der Waals surface area contributed by atoms with Crippen LogP contribution in [0.2, 0.25) is 5.02 Å². The molecule has 1 fully saturated rings. The van der Waals surface area contributed by atoms with Gasteiger partial charge in [-0.1, -0.05) is 54.1 Å². The first-order chi connectivity index (χ1) is 14.0. The number of hydrogen-bond donors (Lipinski definition) is 3. The molecule has 0 radical (unpaired) electrons. The molecular formula is C22H27ClN4O2. The van der Waals surface area contributed by atoms with E-state index in [1.165, 1.54) is 5.56 Å². The van der Waals surface area contributed by atoms with Crippen LogP contribution >= 0.6 is 11.6 Å². The number of nitrogens with one attached hydrogen (secondary N) is 2. The van der Waals surface area contributed by atoms with Crippen LogP contribution in [-0.4, -0.2) is 36.0 Å². The topological polar surface area (TPSA) is 87.5 Å². The molecule has 3 rings (SSSR count). The first-order valence-corrected chi connectivity index (χ1v) is 10.2. The highest BCUT2D eigenvalue weighted by Gasteiger charge is 2.23. The standard InChI is InChI=1S/C22H27ClN4O2/c23-18-8-6-17(7-9-18)20(26-22(24)29)14-21(28)25-19-10-12-27(13-11-19)15-16-4-2-1-3-5-16/h1-9,19-20H,10-15H2,(H,25,28)(H3,24,26,29)/t20-/m0/s1. The number of primary amides is 1. The van der Waals surface area contributed by atoms with Crippen LogP contribution in [0.3, 0.4) is 0 Å². The van der Waals surface area contributed by atoms with Crippen LogP contribution in [-0.2, 0) is 11.3 Å². The predicted octanol–water partition coefficient (Wildman–Crippen LogP) is 3.22. The van der Waals surface area contributed by atoms with Gasteiger partial charge in [0, 0.05) is 30.7 Å². The average molecular weight is 415 g/mol. The Kier molecular flexibility index (Phi) is 7.49. The van der Waals surface area contributed by atoms with Gasteiger partial charge in [-0.15, -0.1) is 0 Å². The first kappa shape index (κ1) is 21.1. The predicted molar refractivity (Wildman–Crippen MR) is 114 cm³/mol. The minimum Gasteiger partial charge on any atom is -0.353 e. The van der Waals surface area contributed by atoms with Gasteiger partial charge in [-0.3, -0.25) is 9.69 Å². The van der Waals surface area contributed by atoms with E-state index < -0.39 is 12.1 Å². The second-order valence-corrected chi connectivity index (χ2v) is 7.86. The van der Waals surface area contributed by atoms with Crippen molar-refractivity contribution in [2.45, 2.75) is 37.9 Å². The molecule has 3 amide bonds. The second kappa shape index (κ2) is 10.3. The van der Waals surface area contributed by atoms with Crippen LogP contribution in [0.15, 0.2) is 54.6 Å². The van der Waals surface area contributed by atoms with Crippen molar-refractivity contribution in [2.24, 2.45) is 5.73 Å². The molecule has 0 bridgehead atoms. The molecule has 6 nitrogen and oxygen atoms in total. The number of urea groups is 1. The summed E-state index contributed by atoms with van der Waals surface area (Å²) in [5.41, 5.74) is 7.38. The molecule has 7 heteroatoms. The van der Waals surface area contributed by atoms with Gasteiger partial charge in [0.25, 0.3) is 0 Å². The fourth-order valence-corrected chi connectivity index (χ4v) is 3.79. The van der Waals surface area contributed by atoms with Crippen LogP contribution in [0, 0.1) is 0 Å². The second-order valence-electron chi connectivity index (χ2n) is 7.42. The van der Waals surface area contributed by atoms with Gasteiger partial charge in [0.05, 0.1) is 12.5 Å². The summed E-state index contributed by atoms with van der Waals surface area (Å²) in [5, 5.41) is 6.34. The van der Waals surface area contributed by atoms with Crippen molar-refractivity contribution in [3.8, 4) is 0 Å². The number of halogens is 1. The lowest BCUT2D eigenvalue weighted by atomic mass is 10.0. The normalized spacial score (nSPS) is 16.2. The van der Waals surface area contributed by atoms with Gasteiger partial charge >= 0.3 is 6.03 Å². The van der Waals surface area contributed by atoms with Gasteiger partial charge in [-0.05, 0) is 36.1 Å². The maximum absolute atomic E-state index is 12.6. The van der Waals surface area contributed by atoms with E-state index >= 15 is 0 Å². The molecule has 0 aromatic heterocycles. The van der Waals surface area contributed by atoms with Gasteiger partial charge in [0.1, 0.15) is 0 Å². The fourth-order valence-electron chi connectivity index (χ4n) is 3.67. The minimum absolute atomic E-state index is 0.0970. The van der Waals surface area contributed by atoms with Crippen molar-refractivity contribution in [3.05, 3.63) is 70.7 Å². The summed E-state index contributed by atoms with van der Waals surface area (Å²) in [7, 11) is 0. The lowest BCUT2D eigenvalue weighted by molar-refractivity contribution is -0.122. The average Bonchev–Trinajstić information content (AvgIpc) is 2.70. The van der Waals surface area contributed by atoms with E-state index in [9.17, 15) is 9.59 Å². The molecule has 2 aromatic carbocycles. The number of amides is 3. The molecule has 4 N–H and O–H groups in total. The zero-order valence-electron chi connectivity index (χ0n) is 16.3. The highest BCUT2D eigenvalue weighted by Crippen LogP contribution is 2.20. The lowest BCUT2D eigenvalue weighted by Gasteiger charge is -2.32. The first-order valence-electron chi connectivity index (χ1n) is 9.86. The van der Waals surface area contributed by atoms with E-state index in [2.05, 4.69) is 39.8 Å². The molecule has 1 saturated heterocycles. The number of hydrogen-bond acceptors (Lipinski definition) is 3. The molecule has 0 saturated carbocycles. The van der Waals surface area contributed by atoms with Crippen molar-refractivity contribution in [2.75, 3.05) is 13.1 Å². The summed E-state index contributed by atoms with van der Waals surface area (Å²) in [5.74, 6) is -0.0970. The molecule has 0 aliphatic carbocycles. The van der Waals surface area contributed by atoms with Crippen LogP contribution in [0.4, 0.5) is 4.79 Å². The van der Waals surface area contributed by atoms with Crippen molar-refractivity contribution in [1.29, 1.82) is 0 Å². The summed E-state index contributed by atoms with van der Waals surface area (Å²) in [6.45, 7) is 2.82. The van der Waals surface area contributed by atoms with Gasteiger partial charge in [-0.25, -0.2) is 4.79 Å². The number of carbonyl (C=O) groups excluding carboxylic acids is 2. The van der Waals surface area contributed by atoms with E-state index in [1.54, 1.807) is 24.3 Å². The smallest absolute Gasteiger partial charge is 0.312 e. The van der Waals surface area contributed by atoms with E-state index in [4.69, 9.17) is 17.3 Å². The van der Waals surface area contributed by atoms with Crippen molar-refractivity contribution in [1.82, 2.24) is 15.5 Å². The molecule has 29 heavy (non-hydrogen) atoms. The van der Waals surface area contributed by atoms with Crippen LogP contribution in [0.5, 0.6) is 0 Å². The van der Waals surface area contributed by atoms with Crippen LogP contribution in [0.25, 0.3) is 0 Å². The van der Waals surface area contributed by atoms with Gasteiger partial charge in [-0.2, -0.15) is 0 Å². The molecule has 2 aromatic rings. The number of rotatable bonds is 7. The lowest BCUT2D eigenvalue weighted by Crippen LogP contribution is -2.45. The highest BCUT2D eigenvalue weighted by atomic mass is 35.5. The summed E-state index contributed by atoms with van der Waals surface area (Å²) in [6, 6.07) is 16.4. The van der Waals surface area contributed by atoms with Crippen molar-refractivity contribution < 1.29 is 9.59 Å². The Morgan fingerprint density at radius 1 is 1.07 bits per heavy atom. The molecule has 1 atom stereocenters. The molecule has 154 valence electrons. The minimum atomic E-state index is -0.660. The summed E-state index contributed by atoms with van der Waals surface area (Å²) in [6.07, 6.45) is 1.95. The monoisotopic (exact) mass is 414 g/mol. The quantitative estimate of drug-likeness (QED) is 0.650. The highest BCUT2D eigenvalue weighted by molar-refractivity contribution is 6.30. The summed E-state index contributed by atoms with van der Waals surface area (Å²) < 4.78 is 0. The zero-order chi connectivity index (χ0) is 20.6. The van der Waals surface area contributed by atoms with E-state index in [0.29, 0.717) is 5.02 Å². The summed E-state index contributed by atoms with van der Waals surface area (Å²) >= 11 is 5.92. The molecule has 0 spiro atoms. The number of piperidine rings is 1. The third-order valence-corrected chi connectivity index (χ3v) is 5.43. The third kappa shape index (κ3) is 6.76. The summed E-state index contributed by atoms with van der Waals surface area (Å²) in [4.78, 5) is 26.3. The largest absolute Gasteiger partial charge is 0.353 e. The number of nitrogens with zero attached hydrogens (tertiary/aromatic N) is 1. The van der Waals surface area contributed by atoms with E-state index in [1.807, 2.05) is 6.07 Å². The Balaban J connectivity index is 1.49. The molecular weight excluding hydrogens is 388 g/mol. The molecule has 1 aliphatic heterocycles. The number of likely N-dealkylation sites (tertiary alicyclic amines) is 1. The van der Waals surface area contributed by atoms with Crippen molar-refractivity contribution >= 4 is 23.5 Å². The molecule has 0 unspecified atom stereocenters. The van der Waals surface area contributed by atoms with E-state index in [0.717, 1.165) is 38.0 Å². The SMILES string of the molecule is NC(=O)N[C@@H](CC(=O)NC1CCN(Cc2ccccc2)CC1)c1ccc(Cl)cc1. The zero-order valence-corrected chi connectivity index (χ0v) is 17.1. The van der Waals surface area contributed by atoms with Gasteiger partial charge in [0.2, 0.25) is 5.91 Å². The number of benzene rings is 2. The Morgan fingerprint density at radius 3 is 2.34 bits per heavy atom. The molecule has 1 heterocycles. The molecule has 1 aliphatic rings. The third-order valence-electron chi connectivity index (χ3n) is 5.18. The van der Waals surface area contributed by atoms with Crippen LogP contribution < -0.4 is 16.4 Å². The maximum Gasteiger partial charge on any atom is 0.312 e. The Bertz CT molecular complexity index is 805. The number of carbonyl (C=O) groups is 2. The Morgan fingerprint density at radius 2 is 1.72 bits per heavy atom. The maximum atomic E-state index is 12.6. The fraction of sp³-hybridized carbons (Fsp3) is 0.364. The van der Waals surface area contributed by atoms with Crippen LogP contribution in [0.1, 0.15) is 36.4 Å².